The van der Waals surface area contributed by atoms with Gasteiger partial charge in [0.15, 0.2) is 0 Å². The second-order valence-corrected chi connectivity index (χ2v) is 6.69. The lowest BCUT2D eigenvalue weighted by molar-refractivity contribution is -0.134. The molecule has 1 aromatic carbocycles. The van der Waals surface area contributed by atoms with Crippen molar-refractivity contribution in [2.24, 2.45) is 5.92 Å². The van der Waals surface area contributed by atoms with Crippen LogP contribution in [0.3, 0.4) is 0 Å². The van der Waals surface area contributed by atoms with Gasteiger partial charge in [-0.05, 0) is 31.4 Å². The minimum absolute atomic E-state index is 0.0691. The third-order valence-electron chi connectivity index (χ3n) is 4.95. The summed E-state index contributed by atoms with van der Waals surface area (Å²) in [5, 5.41) is 6.49. The molecule has 132 valence electrons. The molecule has 0 bridgehead atoms. The molecule has 0 aliphatic carbocycles. The molecular weight excluding hydrogens is 302 g/mol. The smallest absolute Gasteiger partial charge is 0.226 e. The molecule has 0 spiro atoms. The first-order valence-electron chi connectivity index (χ1n) is 9.22. The molecule has 5 nitrogen and oxygen atoms in total. The van der Waals surface area contributed by atoms with Crippen LogP contribution in [0.5, 0.6) is 0 Å². The molecule has 0 aromatic heterocycles. The van der Waals surface area contributed by atoms with Crippen molar-refractivity contribution >= 4 is 5.91 Å². The fourth-order valence-corrected chi connectivity index (χ4v) is 3.60. The number of nitrogens with one attached hydrogen (secondary N) is 2. The summed E-state index contributed by atoms with van der Waals surface area (Å²) in [4.78, 5) is 15.1. The van der Waals surface area contributed by atoms with Gasteiger partial charge in [-0.15, -0.1) is 0 Å². The molecule has 24 heavy (non-hydrogen) atoms. The van der Waals surface area contributed by atoms with Crippen molar-refractivity contribution in [3.05, 3.63) is 35.9 Å². The summed E-state index contributed by atoms with van der Waals surface area (Å²) in [5.41, 5.74) is 1.11. The van der Waals surface area contributed by atoms with E-state index >= 15 is 0 Å². The number of ether oxygens (including phenoxy) is 1. The number of amides is 1. The van der Waals surface area contributed by atoms with Crippen LogP contribution in [0.15, 0.2) is 30.3 Å². The second-order valence-electron chi connectivity index (χ2n) is 6.69. The standard InChI is InChI=1S/C19H29N3O2/c23-19(21-9-5-12-22-13-10-20-11-14-22)17-8-4-15-24-18(17)16-6-2-1-3-7-16/h1-3,6-7,17-18,20H,4-5,8-15H2,(H,21,23). The van der Waals surface area contributed by atoms with E-state index < -0.39 is 0 Å². The molecule has 1 aromatic rings. The van der Waals surface area contributed by atoms with Gasteiger partial charge in [0, 0.05) is 39.3 Å². The molecule has 2 unspecified atom stereocenters. The van der Waals surface area contributed by atoms with Crippen LogP contribution >= 0.6 is 0 Å². The minimum Gasteiger partial charge on any atom is -0.373 e. The first-order valence-corrected chi connectivity index (χ1v) is 9.22. The largest absolute Gasteiger partial charge is 0.373 e. The molecule has 0 saturated carbocycles. The van der Waals surface area contributed by atoms with Gasteiger partial charge in [0.1, 0.15) is 0 Å². The van der Waals surface area contributed by atoms with Gasteiger partial charge < -0.3 is 20.3 Å². The molecule has 3 rings (SSSR count). The van der Waals surface area contributed by atoms with E-state index in [1.807, 2.05) is 18.2 Å². The van der Waals surface area contributed by atoms with Gasteiger partial charge >= 0.3 is 0 Å². The first kappa shape index (κ1) is 17.4. The van der Waals surface area contributed by atoms with Crippen molar-refractivity contribution in [3.8, 4) is 0 Å². The average Bonchev–Trinajstić information content (AvgIpc) is 2.66. The summed E-state index contributed by atoms with van der Waals surface area (Å²) in [6, 6.07) is 10.1. The van der Waals surface area contributed by atoms with E-state index in [1.165, 1.54) is 0 Å². The number of piperazine rings is 1. The van der Waals surface area contributed by atoms with Gasteiger partial charge in [0.25, 0.3) is 0 Å². The Bertz CT molecular complexity index is 503. The number of rotatable bonds is 6. The number of nitrogens with zero attached hydrogens (tertiary/aromatic N) is 1. The fourth-order valence-electron chi connectivity index (χ4n) is 3.60. The molecule has 2 aliphatic rings. The normalized spacial score (nSPS) is 25.3. The van der Waals surface area contributed by atoms with Crippen molar-refractivity contribution in [1.29, 1.82) is 0 Å². The molecule has 1 amide bonds. The third kappa shape index (κ3) is 4.79. The van der Waals surface area contributed by atoms with Gasteiger partial charge in [0.05, 0.1) is 12.0 Å². The predicted octanol–water partition coefficient (Wildman–Crippen LogP) is 1.57. The summed E-state index contributed by atoms with van der Waals surface area (Å²) in [7, 11) is 0. The van der Waals surface area contributed by atoms with Crippen molar-refractivity contribution in [2.75, 3.05) is 45.9 Å². The Morgan fingerprint density at radius 2 is 2.04 bits per heavy atom. The Hall–Kier alpha value is -1.43. The van der Waals surface area contributed by atoms with Crippen LogP contribution in [0.1, 0.15) is 30.9 Å². The Morgan fingerprint density at radius 1 is 1.25 bits per heavy atom. The molecule has 2 atom stereocenters. The summed E-state index contributed by atoms with van der Waals surface area (Å²) < 4.78 is 5.92. The van der Waals surface area contributed by atoms with Gasteiger partial charge in [-0.3, -0.25) is 4.79 Å². The number of benzene rings is 1. The summed E-state index contributed by atoms with van der Waals surface area (Å²) in [6.07, 6.45) is 2.77. The lowest BCUT2D eigenvalue weighted by Gasteiger charge is -2.31. The second kappa shape index (κ2) is 9.16. The van der Waals surface area contributed by atoms with Crippen LogP contribution in [0.2, 0.25) is 0 Å². The molecule has 2 saturated heterocycles. The van der Waals surface area contributed by atoms with Crippen molar-refractivity contribution in [2.45, 2.75) is 25.4 Å². The van der Waals surface area contributed by atoms with Gasteiger partial charge in [-0.1, -0.05) is 30.3 Å². The van der Waals surface area contributed by atoms with Crippen LogP contribution in [-0.4, -0.2) is 56.7 Å². The Kier molecular flexibility index (Phi) is 6.64. The predicted molar refractivity (Wildman–Crippen MR) is 94.8 cm³/mol. The van der Waals surface area contributed by atoms with Gasteiger partial charge in [0.2, 0.25) is 5.91 Å². The van der Waals surface area contributed by atoms with Crippen LogP contribution < -0.4 is 10.6 Å². The molecule has 2 heterocycles. The van der Waals surface area contributed by atoms with Gasteiger partial charge in [-0.2, -0.15) is 0 Å². The van der Waals surface area contributed by atoms with Crippen LogP contribution in [-0.2, 0) is 9.53 Å². The Balaban J connectivity index is 1.45. The minimum atomic E-state index is -0.104. The summed E-state index contributed by atoms with van der Waals surface area (Å²) in [6.45, 7) is 6.92. The maximum absolute atomic E-state index is 12.6. The van der Waals surface area contributed by atoms with E-state index in [4.69, 9.17) is 4.74 Å². The quantitative estimate of drug-likeness (QED) is 0.777. The monoisotopic (exact) mass is 331 g/mol. The van der Waals surface area contributed by atoms with E-state index in [1.54, 1.807) is 0 Å². The van der Waals surface area contributed by atoms with Gasteiger partial charge in [-0.25, -0.2) is 0 Å². The number of carbonyl (C=O) groups excluding carboxylic acids is 1. The van der Waals surface area contributed by atoms with E-state index in [2.05, 4.69) is 27.7 Å². The third-order valence-corrected chi connectivity index (χ3v) is 4.95. The maximum atomic E-state index is 12.6. The zero-order chi connectivity index (χ0) is 16.6. The van der Waals surface area contributed by atoms with Crippen molar-refractivity contribution in [3.63, 3.8) is 0 Å². The van der Waals surface area contributed by atoms with Crippen LogP contribution in [0, 0.1) is 5.92 Å². The SMILES string of the molecule is O=C(NCCCN1CCNCC1)C1CCCOC1c1ccccc1. The molecule has 5 heteroatoms. The zero-order valence-electron chi connectivity index (χ0n) is 14.4. The lowest BCUT2D eigenvalue weighted by Crippen LogP contribution is -2.44. The Labute approximate surface area is 144 Å². The van der Waals surface area contributed by atoms with Crippen LogP contribution in [0.4, 0.5) is 0 Å². The van der Waals surface area contributed by atoms with Crippen molar-refractivity contribution in [1.82, 2.24) is 15.5 Å². The number of hydrogen-bond donors (Lipinski definition) is 2. The highest BCUT2D eigenvalue weighted by Gasteiger charge is 2.32. The highest BCUT2D eigenvalue weighted by Crippen LogP contribution is 2.33. The van der Waals surface area contributed by atoms with E-state index in [9.17, 15) is 4.79 Å². The summed E-state index contributed by atoms with van der Waals surface area (Å²) in [5.74, 6) is 0.0733. The highest BCUT2D eigenvalue weighted by molar-refractivity contribution is 5.79. The van der Waals surface area contributed by atoms with Crippen LogP contribution in [0.25, 0.3) is 0 Å². The first-order chi connectivity index (χ1) is 11.8. The average molecular weight is 331 g/mol. The highest BCUT2D eigenvalue weighted by atomic mass is 16.5. The van der Waals surface area contributed by atoms with E-state index in [-0.39, 0.29) is 17.9 Å². The van der Waals surface area contributed by atoms with E-state index in [0.29, 0.717) is 0 Å². The molecule has 2 fully saturated rings. The lowest BCUT2D eigenvalue weighted by atomic mass is 9.89. The summed E-state index contributed by atoms with van der Waals surface area (Å²) >= 11 is 0. The van der Waals surface area contributed by atoms with Crippen molar-refractivity contribution < 1.29 is 9.53 Å². The Morgan fingerprint density at radius 3 is 2.83 bits per heavy atom. The molecule has 2 aliphatic heterocycles. The number of carbonyl (C=O) groups is 1. The molecule has 0 radical (unpaired) electrons. The zero-order valence-corrected chi connectivity index (χ0v) is 14.4. The fraction of sp³-hybridized carbons (Fsp3) is 0.632. The maximum Gasteiger partial charge on any atom is 0.226 e. The molecular formula is C19H29N3O2. The van der Waals surface area contributed by atoms with E-state index in [0.717, 1.165) is 70.7 Å². The molecule has 2 N–H and O–H groups in total. The topological polar surface area (TPSA) is 53.6 Å². The number of hydrogen-bond acceptors (Lipinski definition) is 4.